The van der Waals surface area contributed by atoms with Crippen LogP contribution in [0, 0.1) is 0 Å². The predicted octanol–water partition coefficient (Wildman–Crippen LogP) is 2.94. The summed E-state index contributed by atoms with van der Waals surface area (Å²) in [4.78, 5) is 0. The van der Waals surface area contributed by atoms with Crippen LogP contribution in [0.5, 0.6) is 0 Å². The van der Waals surface area contributed by atoms with E-state index in [0.717, 1.165) is 31.7 Å². The maximum Gasteiger partial charge on any atom is 0.0568 e. The number of hydrogen-bond acceptors (Lipinski definition) is 3. The molecule has 1 aliphatic rings. The van der Waals surface area contributed by atoms with Gasteiger partial charge in [-0.15, -0.1) is 0 Å². The van der Waals surface area contributed by atoms with Crippen molar-refractivity contribution >= 4 is 5.69 Å². The van der Waals surface area contributed by atoms with E-state index in [4.69, 9.17) is 4.74 Å². The summed E-state index contributed by atoms with van der Waals surface area (Å²) in [6, 6.07) is 8.90. The molecule has 1 fully saturated rings. The van der Waals surface area contributed by atoms with Crippen LogP contribution in [0.15, 0.2) is 36.7 Å². The number of ether oxygens (including phenoxy) is 1. The van der Waals surface area contributed by atoms with E-state index in [1.165, 1.54) is 11.1 Å². The van der Waals surface area contributed by atoms with E-state index in [-0.39, 0.29) is 0 Å². The van der Waals surface area contributed by atoms with Crippen molar-refractivity contribution in [2.75, 3.05) is 25.6 Å². The van der Waals surface area contributed by atoms with E-state index >= 15 is 0 Å². The molecule has 0 spiro atoms. The SMILES string of the molecule is CNc1ccc(-c2cnn(C3CCOCC3)c2)cc1. The van der Waals surface area contributed by atoms with Crippen LogP contribution in [-0.2, 0) is 4.74 Å². The van der Waals surface area contributed by atoms with Gasteiger partial charge in [0.1, 0.15) is 0 Å². The molecule has 100 valence electrons. The Morgan fingerprint density at radius 2 is 1.89 bits per heavy atom. The van der Waals surface area contributed by atoms with Crippen LogP contribution >= 0.6 is 0 Å². The van der Waals surface area contributed by atoms with Crippen molar-refractivity contribution in [3.8, 4) is 11.1 Å². The third kappa shape index (κ3) is 2.63. The van der Waals surface area contributed by atoms with Crippen LogP contribution < -0.4 is 5.32 Å². The first-order valence-electron chi connectivity index (χ1n) is 6.77. The molecule has 19 heavy (non-hydrogen) atoms. The van der Waals surface area contributed by atoms with Gasteiger partial charge in [-0.2, -0.15) is 5.10 Å². The highest BCUT2D eigenvalue weighted by Crippen LogP contribution is 2.25. The fourth-order valence-corrected chi connectivity index (χ4v) is 2.47. The fourth-order valence-electron chi connectivity index (χ4n) is 2.47. The molecule has 1 aliphatic heterocycles. The average molecular weight is 257 g/mol. The lowest BCUT2D eigenvalue weighted by molar-refractivity contribution is 0.0662. The van der Waals surface area contributed by atoms with E-state index in [1.807, 2.05) is 13.2 Å². The zero-order valence-electron chi connectivity index (χ0n) is 11.2. The van der Waals surface area contributed by atoms with Crippen molar-refractivity contribution in [2.24, 2.45) is 0 Å². The Bertz CT molecular complexity index is 527. The lowest BCUT2D eigenvalue weighted by Crippen LogP contribution is -2.19. The first-order valence-corrected chi connectivity index (χ1v) is 6.77. The van der Waals surface area contributed by atoms with Gasteiger partial charge in [0, 0.05) is 37.7 Å². The van der Waals surface area contributed by atoms with Crippen LogP contribution in [0.25, 0.3) is 11.1 Å². The van der Waals surface area contributed by atoms with Crippen molar-refractivity contribution < 1.29 is 4.74 Å². The average Bonchev–Trinajstić information content (AvgIpc) is 2.98. The Balaban J connectivity index is 1.79. The van der Waals surface area contributed by atoms with Crippen LogP contribution in [0.3, 0.4) is 0 Å². The second kappa shape index (κ2) is 5.45. The van der Waals surface area contributed by atoms with Crippen molar-refractivity contribution in [2.45, 2.75) is 18.9 Å². The molecule has 3 rings (SSSR count). The molecular weight excluding hydrogens is 238 g/mol. The highest BCUT2D eigenvalue weighted by molar-refractivity contribution is 5.64. The molecule has 2 heterocycles. The van der Waals surface area contributed by atoms with Gasteiger partial charge in [-0.1, -0.05) is 12.1 Å². The molecule has 4 nitrogen and oxygen atoms in total. The summed E-state index contributed by atoms with van der Waals surface area (Å²) in [5, 5.41) is 7.63. The Morgan fingerprint density at radius 3 is 2.58 bits per heavy atom. The molecule has 1 N–H and O–H groups in total. The maximum atomic E-state index is 5.39. The van der Waals surface area contributed by atoms with Crippen LogP contribution in [0.2, 0.25) is 0 Å². The number of benzene rings is 1. The third-order valence-corrected chi connectivity index (χ3v) is 3.67. The predicted molar refractivity (Wildman–Crippen MR) is 76.3 cm³/mol. The second-order valence-corrected chi connectivity index (χ2v) is 4.88. The van der Waals surface area contributed by atoms with Gasteiger partial charge in [0.15, 0.2) is 0 Å². The maximum absolute atomic E-state index is 5.39. The number of aromatic nitrogens is 2. The van der Waals surface area contributed by atoms with Crippen molar-refractivity contribution in [3.63, 3.8) is 0 Å². The number of hydrogen-bond donors (Lipinski definition) is 1. The summed E-state index contributed by atoms with van der Waals surface area (Å²) in [6.45, 7) is 1.69. The molecule has 0 atom stereocenters. The first-order chi connectivity index (χ1) is 9.36. The molecule has 0 amide bonds. The van der Waals surface area contributed by atoms with Gasteiger partial charge in [-0.3, -0.25) is 4.68 Å². The third-order valence-electron chi connectivity index (χ3n) is 3.67. The van der Waals surface area contributed by atoms with E-state index in [9.17, 15) is 0 Å². The van der Waals surface area contributed by atoms with E-state index in [0.29, 0.717) is 6.04 Å². The number of nitrogens with one attached hydrogen (secondary N) is 1. The molecule has 1 aromatic heterocycles. The van der Waals surface area contributed by atoms with Crippen LogP contribution in [0.1, 0.15) is 18.9 Å². The van der Waals surface area contributed by atoms with Gasteiger partial charge in [0.05, 0.1) is 12.2 Å². The highest BCUT2D eigenvalue weighted by Gasteiger charge is 2.16. The molecule has 0 radical (unpaired) electrons. The first kappa shape index (κ1) is 12.2. The zero-order chi connectivity index (χ0) is 13.1. The summed E-state index contributed by atoms with van der Waals surface area (Å²) in [6.07, 6.45) is 6.20. The molecular formula is C15H19N3O. The molecule has 2 aromatic rings. The van der Waals surface area contributed by atoms with E-state index in [2.05, 4.69) is 45.6 Å². The Hall–Kier alpha value is -1.81. The summed E-state index contributed by atoms with van der Waals surface area (Å²) in [5.74, 6) is 0. The zero-order valence-corrected chi connectivity index (χ0v) is 11.2. The van der Waals surface area contributed by atoms with E-state index < -0.39 is 0 Å². The van der Waals surface area contributed by atoms with E-state index in [1.54, 1.807) is 0 Å². The molecule has 1 aromatic carbocycles. The minimum absolute atomic E-state index is 0.485. The Labute approximate surface area is 113 Å². The molecule has 0 unspecified atom stereocenters. The lowest BCUT2D eigenvalue weighted by atomic mass is 10.1. The summed E-state index contributed by atoms with van der Waals surface area (Å²) in [7, 11) is 1.93. The number of nitrogens with zero attached hydrogens (tertiary/aromatic N) is 2. The van der Waals surface area contributed by atoms with Gasteiger partial charge in [-0.25, -0.2) is 0 Å². The molecule has 4 heteroatoms. The standard InChI is InChI=1S/C15H19N3O/c1-16-14-4-2-12(3-5-14)13-10-17-18(11-13)15-6-8-19-9-7-15/h2-5,10-11,15-16H,6-9H2,1H3. The quantitative estimate of drug-likeness (QED) is 0.919. The Morgan fingerprint density at radius 1 is 1.16 bits per heavy atom. The lowest BCUT2D eigenvalue weighted by Gasteiger charge is -2.22. The minimum Gasteiger partial charge on any atom is -0.388 e. The summed E-state index contributed by atoms with van der Waals surface area (Å²) >= 11 is 0. The van der Waals surface area contributed by atoms with Gasteiger partial charge >= 0.3 is 0 Å². The smallest absolute Gasteiger partial charge is 0.0568 e. The van der Waals surface area contributed by atoms with Crippen molar-refractivity contribution in [3.05, 3.63) is 36.7 Å². The van der Waals surface area contributed by atoms with Crippen LogP contribution in [0.4, 0.5) is 5.69 Å². The summed E-state index contributed by atoms with van der Waals surface area (Å²) in [5.41, 5.74) is 3.51. The molecule has 0 aliphatic carbocycles. The minimum atomic E-state index is 0.485. The number of rotatable bonds is 3. The topological polar surface area (TPSA) is 39.1 Å². The highest BCUT2D eigenvalue weighted by atomic mass is 16.5. The Kier molecular flexibility index (Phi) is 3.51. The largest absolute Gasteiger partial charge is 0.388 e. The molecule has 0 bridgehead atoms. The monoisotopic (exact) mass is 257 g/mol. The van der Waals surface area contributed by atoms with Gasteiger partial charge < -0.3 is 10.1 Å². The van der Waals surface area contributed by atoms with Crippen molar-refractivity contribution in [1.82, 2.24) is 9.78 Å². The molecule has 0 saturated carbocycles. The molecule has 1 saturated heterocycles. The normalized spacial score (nSPS) is 16.5. The van der Waals surface area contributed by atoms with Crippen molar-refractivity contribution in [1.29, 1.82) is 0 Å². The van der Waals surface area contributed by atoms with Gasteiger partial charge in [0.2, 0.25) is 0 Å². The second-order valence-electron chi connectivity index (χ2n) is 4.88. The fraction of sp³-hybridized carbons (Fsp3) is 0.400. The number of anilines is 1. The summed E-state index contributed by atoms with van der Waals surface area (Å²) < 4.78 is 7.48. The van der Waals surface area contributed by atoms with Gasteiger partial charge in [0.25, 0.3) is 0 Å². The van der Waals surface area contributed by atoms with Gasteiger partial charge in [-0.05, 0) is 30.5 Å². The van der Waals surface area contributed by atoms with Crippen LogP contribution in [-0.4, -0.2) is 30.0 Å².